The van der Waals surface area contributed by atoms with Crippen LogP contribution < -0.4 is 5.32 Å². The molecule has 0 saturated heterocycles. The van der Waals surface area contributed by atoms with E-state index < -0.39 is 0 Å². The number of hydrogen-bond donors (Lipinski definition) is 1. The minimum absolute atomic E-state index is 0.164. The molecule has 0 radical (unpaired) electrons. The van der Waals surface area contributed by atoms with E-state index in [1.54, 1.807) is 6.07 Å². The van der Waals surface area contributed by atoms with Gasteiger partial charge in [0, 0.05) is 31.1 Å². The number of nitrogens with one attached hydrogen (secondary N) is 1. The van der Waals surface area contributed by atoms with Crippen LogP contribution in [0.15, 0.2) is 24.3 Å². The number of halogens is 1. The van der Waals surface area contributed by atoms with Crippen LogP contribution in [0.1, 0.15) is 36.0 Å². The van der Waals surface area contributed by atoms with Crippen LogP contribution in [0.25, 0.3) is 5.69 Å². The van der Waals surface area contributed by atoms with Crippen LogP contribution in [0.2, 0.25) is 0 Å². The van der Waals surface area contributed by atoms with Crippen molar-refractivity contribution in [3.63, 3.8) is 0 Å². The standard InChI is InChI=1S/C15H16FN3/c16-11-3-1-2-4-13(11)19-14-7-8-17-9-12(14)18-15(19)10-5-6-10/h1-4,10,17H,5-9H2. The summed E-state index contributed by atoms with van der Waals surface area (Å²) in [6, 6.07) is 7.01. The zero-order chi connectivity index (χ0) is 12.8. The van der Waals surface area contributed by atoms with E-state index in [4.69, 9.17) is 4.98 Å². The van der Waals surface area contributed by atoms with E-state index in [1.807, 2.05) is 12.1 Å². The number of aromatic nitrogens is 2. The first-order valence-corrected chi connectivity index (χ1v) is 6.90. The third-order valence-corrected chi connectivity index (χ3v) is 3.95. The Morgan fingerprint density at radius 2 is 2.11 bits per heavy atom. The van der Waals surface area contributed by atoms with Gasteiger partial charge in [-0.05, 0) is 25.0 Å². The number of imidazole rings is 1. The Kier molecular flexibility index (Phi) is 2.45. The second-order valence-electron chi connectivity index (χ2n) is 5.35. The first-order valence-electron chi connectivity index (χ1n) is 6.90. The van der Waals surface area contributed by atoms with E-state index in [0.717, 1.165) is 31.0 Å². The summed E-state index contributed by atoms with van der Waals surface area (Å²) in [6.45, 7) is 1.74. The molecule has 2 aromatic rings. The lowest BCUT2D eigenvalue weighted by molar-refractivity contribution is 0.598. The highest BCUT2D eigenvalue weighted by Crippen LogP contribution is 2.41. The summed E-state index contributed by atoms with van der Waals surface area (Å²) in [5, 5.41) is 3.34. The summed E-state index contributed by atoms with van der Waals surface area (Å²) >= 11 is 0. The predicted molar refractivity (Wildman–Crippen MR) is 70.9 cm³/mol. The van der Waals surface area contributed by atoms with Gasteiger partial charge in [-0.1, -0.05) is 12.1 Å². The Balaban J connectivity index is 1.94. The average Bonchev–Trinajstić information content (AvgIpc) is 3.21. The molecule has 98 valence electrons. The van der Waals surface area contributed by atoms with Gasteiger partial charge in [-0.25, -0.2) is 9.37 Å². The minimum Gasteiger partial charge on any atom is -0.311 e. The van der Waals surface area contributed by atoms with Crippen molar-refractivity contribution < 1.29 is 4.39 Å². The normalized spacial score (nSPS) is 18.4. The van der Waals surface area contributed by atoms with Gasteiger partial charge < -0.3 is 5.32 Å². The second kappa shape index (κ2) is 4.17. The van der Waals surface area contributed by atoms with Gasteiger partial charge in [-0.2, -0.15) is 0 Å². The molecule has 3 nitrogen and oxygen atoms in total. The van der Waals surface area contributed by atoms with Gasteiger partial charge in [0.15, 0.2) is 0 Å². The van der Waals surface area contributed by atoms with Crippen molar-refractivity contribution in [3.8, 4) is 5.69 Å². The Labute approximate surface area is 111 Å². The molecule has 1 aromatic carbocycles. The number of fused-ring (bicyclic) bond motifs is 1. The summed E-state index contributed by atoms with van der Waals surface area (Å²) in [5.74, 6) is 1.41. The highest BCUT2D eigenvalue weighted by Gasteiger charge is 2.32. The Morgan fingerprint density at radius 3 is 2.89 bits per heavy atom. The summed E-state index contributed by atoms with van der Waals surface area (Å²) in [6.07, 6.45) is 3.28. The zero-order valence-electron chi connectivity index (χ0n) is 10.7. The predicted octanol–water partition coefficient (Wildman–Crippen LogP) is 2.53. The van der Waals surface area contributed by atoms with E-state index in [1.165, 1.54) is 24.6 Å². The van der Waals surface area contributed by atoms with E-state index in [-0.39, 0.29) is 5.82 Å². The van der Waals surface area contributed by atoms with Crippen LogP contribution in [0.5, 0.6) is 0 Å². The maximum absolute atomic E-state index is 14.1. The number of hydrogen-bond acceptors (Lipinski definition) is 2. The monoisotopic (exact) mass is 257 g/mol. The molecule has 0 bridgehead atoms. The van der Waals surface area contributed by atoms with Crippen molar-refractivity contribution >= 4 is 0 Å². The highest BCUT2D eigenvalue weighted by atomic mass is 19.1. The molecule has 0 spiro atoms. The van der Waals surface area contributed by atoms with Crippen molar-refractivity contribution in [2.45, 2.75) is 31.7 Å². The third kappa shape index (κ3) is 1.78. The molecule has 2 aliphatic rings. The molecule has 1 aliphatic carbocycles. The molecule has 1 aromatic heterocycles. The molecule has 4 rings (SSSR count). The fourth-order valence-electron chi connectivity index (χ4n) is 2.85. The third-order valence-electron chi connectivity index (χ3n) is 3.95. The summed E-state index contributed by atoms with van der Waals surface area (Å²) in [5.41, 5.74) is 2.93. The lowest BCUT2D eigenvalue weighted by atomic mass is 10.1. The number of para-hydroxylation sites is 1. The molecule has 0 amide bonds. The fraction of sp³-hybridized carbons (Fsp3) is 0.400. The lowest BCUT2D eigenvalue weighted by Crippen LogP contribution is -2.25. The average molecular weight is 257 g/mol. The smallest absolute Gasteiger partial charge is 0.147 e. The zero-order valence-corrected chi connectivity index (χ0v) is 10.7. The van der Waals surface area contributed by atoms with Gasteiger partial charge in [-0.15, -0.1) is 0 Å². The molecule has 19 heavy (non-hydrogen) atoms. The lowest BCUT2D eigenvalue weighted by Gasteiger charge is -2.16. The van der Waals surface area contributed by atoms with Crippen LogP contribution in [-0.4, -0.2) is 16.1 Å². The van der Waals surface area contributed by atoms with Crippen molar-refractivity contribution in [3.05, 3.63) is 47.3 Å². The summed E-state index contributed by atoms with van der Waals surface area (Å²) < 4.78 is 16.2. The first kappa shape index (κ1) is 11.2. The van der Waals surface area contributed by atoms with E-state index in [0.29, 0.717) is 11.6 Å². The van der Waals surface area contributed by atoms with Crippen molar-refractivity contribution in [1.82, 2.24) is 14.9 Å². The second-order valence-corrected chi connectivity index (χ2v) is 5.35. The van der Waals surface area contributed by atoms with Crippen LogP contribution in [-0.2, 0) is 13.0 Å². The van der Waals surface area contributed by atoms with Gasteiger partial charge in [0.2, 0.25) is 0 Å². The molecule has 4 heteroatoms. The highest BCUT2D eigenvalue weighted by molar-refractivity contribution is 5.41. The number of benzene rings is 1. The Morgan fingerprint density at radius 1 is 1.26 bits per heavy atom. The molecule has 0 atom stereocenters. The van der Waals surface area contributed by atoms with Gasteiger partial charge >= 0.3 is 0 Å². The summed E-state index contributed by atoms with van der Waals surface area (Å²) in [7, 11) is 0. The molecular weight excluding hydrogens is 241 g/mol. The molecule has 1 fully saturated rings. The first-order chi connectivity index (χ1) is 9.34. The van der Waals surface area contributed by atoms with Crippen LogP contribution in [0.4, 0.5) is 4.39 Å². The topological polar surface area (TPSA) is 29.9 Å². The van der Waals surface area contributed by atoms with Crippen LogP contribution in [0, 0.1) is 5.82 Å². The van der Waals surface area contributed by atoms with Gasteiger partial charge in [-0.3, -0.25) is 4.57 Å². The van der Waals surface area contributed by atoms with E-state index >= 15 is 0 Å². The fourth-order valence-corrected chi connectivity index (χ4v) is 2.85. The molecule has 1 N–H and O–H groups in total. The van der Waals surface area contributed by atoms with Crippen molar-refractivity contribution in [1.29, 1.82) is 0 Å². The quantitative estimate of drug-likeness (QED) is 0.896. The van der Waals surface area contributed by atoms with Gasteiger partial charge in [0.25, 0.3) is 0 Å². The van der Waals surface area contributed by atoms with Crippen LogP contribution >= 0.6 is 0 Å². The largest absolute Gasteiger partial charge is 0.311 e. The van der Waals surface area contributed by atoms with Crippen molar-refractivity contribution in [2.75, 3.05) is 6.54 Å². The molecule has 1 aliphatic heterocycles. The SMILES string of the molecule is Fc1ccccc1-n1c(C2CC2)nc2c1CCNC2. The maximum Gasteiger partial charge on any atom is 0.147 e. The van der Waals surface area contributed by atoms with E-state index in [2.05, 4.69) is 9.88 Å². The summed E-state index contributed by atoms with van der Waals surface area (Å²) in [4.78, 5) is 4.76. The minimum atomic E-state index is -0.164. The maximum atomic E-state index is 14.1. The van der Waals surface area contributed by atoms with Crippen molar-refractivity contribution in [2.24, 2.45) is 0 Å². The van der Waals surface area contributed by atoms with Crippen LogP contribution in [0.3, 0.4) is 0 Å². The molecule has 0 unspecified atom stereocenters. The van der Waals surface area contributed by atoms with Gasteiger partial charge in [0.1, 0.15) is 11.6 Å². The molecular formula is C15H16FN3. The molecule has 1 saturated carbocycles. The Hall–Kier alpha value is -1.68. The number of nitrogens with zero attached hydrogens (tertiary/aromatic N) is 2. The van der Waals surface area contributed by atoms with E-state index in [9.17, 15) is 4.39 Å². The Bertz CT molecular complexity index is 628. The van der Waals surface area contributed by atoms with Gasteiger partial charge in [0.05, 0.1) is 11.4 Å². The number of rotatable bonds is 2. The molecule has 2 heterocycles.